The zero-order chi connectivity index (χ0) is 17.3. The van der Waals surface area contributed by atoms with Crippen LogP contribution >= 0.6 is 0 Å². The molecule has 0 fully saturated rings. The Hall–Kier alpha value is -1.97. The van der Waals surface area contributed by atoms with E-state index in [1.807, 2.05) is 32.0 Å². The summed E-state index contributed by atoms with van der Waals surface area (Å²) in [5.41, 5.74) is 6.85. The molecule has 1 unspecified atom stereocenters. The number of rotatable bonds is 2. The number of carbonyl (C=O) groups is 1. The summed E-state index contributed by atoms with van der Waals surface area (Å²) in [7, 11) is 0. The van der Waals surface area contributed by atoms with Crippen LogP contribution in [0.1, 0.15) is 39.8 Å². The van der Waals surface area contributed by atoms with Crippen molar-refractivity contribution in [2.24, 2.45) is 0 Å². The van der Waals surface area contributed by atoms with Crippen LogP contribution in [-0.2, 0) is 24.2 Å². The lowest BCUT2D eigenvalue weighted by Gasteiger charge is -2.27. The van der Waals surface area contributed by atoms with Gasteiger partial charge < -0.3 is 0 Å². The number of hydroxylamine groups is 3. The van der Waals surface area contributed by atoms with E-state index in [2.05, 4.69) is 25.1 Å². The Kier molecular flexibility index (Phi) is 4.57. The van der Waals surface area contributed by atoms with Gasteiger partial charge in [0.1, 0.15) is 13.1 Å². The fourth-order valence-electron chi connectivity index (χ4n) is 3.85. The number of fused-ring (bicyclic) bond motifs is 1. The average molecular weight is 324 g/mol. The Morgan fingerprint density at radius 2 is 1.71 bits per heavy atom. The number of amides is 1. The number of aryl methyl sites for hydroxylation is 4. The zero-order valence-electron chi connectivity index (χ0n) is 14.8. The van der Waals surface area contributed by atoms with Gasteiger partial charge >= 0.3 is 5.91 Å². The molecule has 0 aromatic heterocycles. The number of benzene rings is 2. The van der Waals surface area contributed by atoms with Crippen molar-refractivity contribution in [3.8, 4) is 0 Å². The SMILES string of the molecule is Cc1cc(C)c(CC(=O)[N+]2(O)CCCc3ccccc3C2)c(C)c1. The van der Waals surface area contributed by atoms with E-state index < -0.39 is 4.65 Å². The molecule has 0 radical (unpaired) electrons. The predicted molar refractivity (Wildman–Crippen MR) is 94.7 cm³/mol. The fraction of sp³-hybridized carbons (Fsp3) is 0.381. The second-order valence-electron chi connectivity index (χ2n) is 7.12. The molecule has 1 amide bonds. The van der Waals surface area contributed by atoms with E-state index in [1.54, 1.807) is 0 Å². The summed E-state index contributed by atoms with van der Waals surface area (Å²) >= 11 is 0. The second kappa shape index (κ2) is 6.50. The maximum Gasteiger partial charge on any atom is 0.350 e. The molecule has 3 rings (SSSR count). The standard InChI is InChI=1S/C21H26NO2/c1-15-11-16(2)20(17(3)12-15)13-21(23)22(24)10-6-9-18-7-4-5-8-19(18)14-22/h4-5,7-8,11-12,24H,6,9-10,13-14H2,1-3H3/q+1. The minimum Gasteiger partial charge on any atom is -0.227 e. The molecule has 0 spiro atoms. The first-order valence-corrected chi connectivity index (χ1v) is 8.66. The van der Waals surface area contributed by atoms with E-state index >= 15 is 0 Å². The summed E-state index contributed by atoms with van der Waals surface area (Å²) in [6.07, 6.45) is 2.04. The molecular weight excluding hydrogens is 298 g/mol. The van der Waals surface area contributed by atoms with Crippen LogP contribution in [-0.4, -0.2) is 22.3 Å². The molecular formula is C21H26NO2+. The summed E-state index contributed by atoms with van der Waals surface area (Å²) in [5.74, 6) is -0.109. The third-order valence-corrected chi connectivity index (χ3v) is 5.16. The lowest BCUT2D eigenvalue weighted by molar-refractivity contribution is -1.05. The van der Waals surface area contributed by atoms with Crippen molar-refractivity contribution in [3.63, 3.8) is 0 Å². The van der Waals surface area contributed by atoms with Gasteiger partial charge in [0, 0.05) is 12.0 Å². The predicted octanol–water partition coefficient (Wildman–Crippen LogP) is 4.03. The van der Waals surface area contributed by atoms with Crippen LogP contribution in [0, 0.1) is 20.8 Å². The van der Waals surface area contributed by atoms with Crippen molar-refractivity contribution in [2.45, 2.75) is 46.6 Å². The summed E-state index contributed by atoms with van der Waals surface area (Å²) in [6.45, 7) is 7.01. The zero-order valence-corrected chi connectivity index (χ0v) is 14.8. The minimum absolute atomic E-state index is 0.109. The Balaban J connectivity index is 1.87. The van der Waals surface area contributed by atoms with Gasteiger partial charge in [-0.25, -0.2) is 10.0 Å². The van der Waals surface area contributed by atoms with Crippen molar-refractivity contribution in [3.05, 3.63) is 69.8 Å². The molecule has 1 heterocycles. The lowest BCUT2D eigenvalue weighted by Crippen LogP contribution is -2.50. The second-order valence-corrected chi connectivity index (χ2v) is 7.12. The first kappa shape index (κ1) is 16.9. The van der Waals surface area contributed by atoms with Crippen LogP contribution in [0.5, 0.6) is 0 Å². The molecule has 0 saturated heterocycles. The molecule has 0 bridgehead atoms. The van der Waals surface area contributed by atoms with Crippen LogP contribution in [0.25, 0.3) is 0 Å². The van der Waals surface area contributed by atoms with Crippen LogP contribution < -0.4 is 0 Å². The molecule has 2 aromatic carbocycles. The molecule has 0 aliphatic carbocycles. The highest BCUT2D eigenvalue weighted by Crippen LogP contribution is 2.25. The average Bonchev–Trinajstić information content (AvgIpc) is 2.69. The molecule has 126 valence electrons. The van der Waals surface area contributed by atoms with Gasteiger partial charge in [-0.15, -0.1) is 4.65 Å². The van der Waals surface area contributed by atoms with Crippen molar-refractivity contribution in [1.29, 1.82) is 0 Å². The summed E-state index contributed by atoms with van der Waals surface area (Å²) in [6, 6.07) is 12.3. The Morgan fingerprint density at radius 3 is 2.38 bits per heavy atom. The van der Waals surface area contributed by atoms with Gasteiger partial charge in [0.25, 0.3) is 0 Å². The van der Waals surface area contributed by atoms with E-state index in [0.717, 1.165) is 35.1 Å². The number of quaternary nitrogens is 1. The van der Waals surface area contributed by atoms with Gasteiger partial charge in [0.15, 0.2) is 0 Å². The summed E-state index contributed by atoms with van der Waals surface area (Å²) < 4.78 is -0.482. The Labute approximate surface area is 144 Å². The third-order valence-electron chi connectivity index (χ3n) is 5.16. The summed E-state index contributed by atoms with van der Waals surface area (Å²) in [5, 5.41) is 11.1. The van der Waals surface area contributed by atoms with Crippen LogP contribution in [0.2, 0.25) is 0 Å². The van der Waals surface area contributed by atoms with Gasteiger partial charge in [-0.1, -0.05) is 42.0 Å². The first-order valence-electron chi connectivity index (χ1n) is 8.66. The van der Waals surface area contributed by atoms with Crippen molar-refractivity contribution >= 4 is 5.91 Å². The van der Waals surface area contributed by atoms with Crippen LogP contribution in [0.15, 0.2) is 36.4 Å². The van der Waals surface area contributed by atoms with Crippen LogP contribution in [0.4, 0.5) is 0 Å². The number of hydrogen-bond donors (Lipinski definition) is 1. The van der Waals surface area contributed by atoms with E-state index in [-0.39, 0.29) is 12.3 Å². The van der Waals surface area contributed by atoms with Crippen molar-refractivity contribution < 1.29 is 14.6 Å². The topological polar surface area (TPSA) is 37.3 Å². The quantitative estimate of drug-likeness (QED) is 0.669. The highest BCUT2D eigenvalue weighted by Gasteiger charge is 2.38. The maximum absolute atomic E-state index is 13.0. The maximum atomic E-state index is 13.0. The molecule has 2 aromatic rings. The monoisotopic (exact) mass is 324 g/mol. The largest absolute Gasteiger partial charge is 0.350 e. The lowest BCUT2D eigenvalue weighted by atomic mass is 9.97. The van der Waals surface area contributed by atoms with Gasteiger partial charge in [-0.2, -0.15) is 0 Å². The Bertz CT molecular complexity index is 758. The van der Waals surface area contributed by atoms with E-state index in [9.17, 15) is 10.0 Å². The van der Waals surface area contributed by atoms with Gasteiger partial charge in [-0.3, -0.25) is 0 Å². The highest BCUT2D eigenvalue weighted by atomic mass is 16.6. The van der Waals surface area contributed by atoms with Crippen LogP contribution in [0.3, 0.4) is 0 Å². The normalized spacial score (nSPS) is 20.3. The minimum atomic E-state index is -0.482. The Morgan fingerprint density at radius 1 is 1.08 bits per heavy atom. The number of hydrogen-bond acceptors (Lipinski definition) is 2. The van der Waals surface area contributed by atoms with Crippen molar-refractivity contribution in [2.75, 3.05) is 6.54 Å². The van der Waals surface area contributed by atoms with Gasteiger partial charge in [0.05, 0.1) is 6.42 Å². The highest BCUT2D eigenvalue weighted by molar-refractivity contribution is 5.73. The first-order chi connectivity index (χ1) is 11.4. The summed E-state index contributed by atoms with van der Waals surface area (Å²) in [4.78, 5) is 13.0. The smallest absolute Gasteiger partial charge is 0.227 e. The van der Waals surface area contributed by atoms with E-state index in [1.165, 1.54) is 11.1 Å². The van der Waals surface area contributed by atoms with E-state index in [4.69, 9.17) is 0 Å². The molecule has 3 heteroatoms. The van der Waals surface area contributed by atoms with E-state index in [0.29, 0.717) is 13.1 Å². The third kappa shape index (κ3) is 3.28. The molecule has 1 N–H and O–H groups in total. The van der Waals surface area contributed by atoms with Gasteiger partial charge in [-0.05, 0) is 49.4 Å². The van der Waals surface area contributed by atoms with Gasteiger partial charge in [0.2, 0.25) is 0 Å². The molecule has 24 heavy (non-hydrogen) atoms. The number of nitrogens with zero attached hydrogens (tertiary/aromatic N) is 1. The molecule has 3 nitrogen and oxygen atoms in total. The number of carbonyl (C=O) groups excluding carboxylic acids is 1. The molecule has 1 aliphatic heterocycles. The molecule has 1 aliphatic rings. The molecule has 0 saturated carbocycles. The fourth-order valence-corrected chi connectivity index (χ4v) is 3.85. The molecule has 1 atom stereocenters. The van der Waals surface area contributed by atoms with Crippen molar-refractivity contribution in [1.82, 2.24) is 0 Å².